The van der Waals surface area contributed by atoms with Gasteiger partial charge in [-0.05, 0) is 50.9 Å². The van der Waals surface area contributed by atoms with E-state index in [1.807, 2.05) is 12.3 Å². The lowest BCUT2D eigenvalue weighted by Crippen LogP contribution is -2.55. The molecule has 2 bridgehead atoms. The largest absolute Gasteiger partial charge is 0.352 e. The van der Waals surface area contributed by atoms with E-state index in [0.717, 1.165) is 48.7 Å². The quantitative estimate of drug-likeness (QED) is 0.741. The van der Waals surface area contributed by atoms with Gasteiger partial charge >= 0.3 is 0 Å². The normalized spacial score (nSPS) is 28.8. The van der Waals surface area contributed by atoms with Crippen LogP contribution >= 0.6 is 11.3 Å². The molecule has 1 aliphatic heterocycles. The molecule has 8 heteroatoms. The highest BCUT2D eigenvalue weighted by atomic mass is 32.1. The molecule has 31 heavy (non-hydrogen) atoms. The van der Waals surface area contributed by atoms with Crippen molar-refractivity contribution < 1.29 is 4.79 Å². The second kappa shape index (κ2) is 8.64. The van der Waals surface area contributed by atoms with E-state index < -0.39 is 0 Å². The summed E-state index contributed by atoms with van der Waals surface area (Å²) < 4.78 is 1.59. The van der Waals surface area contributed by atoms with Gasteiger partial charge in [-0.3, -0.25) is 23.8 Å². The molecular weight excluding hydrogens is 410 g/mol. The molecule has 1 N–H and O–H groups in total. The molecule has 2 aromatic heterocycles. The summed E-state index contributed by atoms with van der Waals surface area (Å²) >= 11 is 1.48. The highest BCUT2D eigenvalue weighted by Gasteiger charge is 2.42. The Bertz CT molecular complexity index is 995. The maximum absolute atomic E-state index is 12.9. The molecule has 5 rings (SSSR count). The highest BCUT2D eigenvalue weighted by Crippen LogP contribution is 2.49. The molecule has 0 radical (unpaired) electrons. The Kier molecular flexibility index (Phi) is 5.88. The minimum atomic E-state index is -0.103. The number of carbonyl (C=O) groups excluding carboxylic acids is 1. The van der Waals surface area contributed by atoms with Gasteiger partial charge in [0.2, 0.25) is 5.91 Å². The molecule has 5 atom stereocenters. The summed E-state index contributed by atoms with van der Waals surface area (Å²) in [5.74, 6) is 2.57. The van der Waals surface area contributed by atoms with Crippen molar-refractivity contribution >= 4 is 22.2 Å². The SMILES string of the molecule is CC(NC(=O)C(C)N1CCN(Cc2cc(=O)n3ccsc3n2)CC1)C1CC2CCC1C2. The van der Waals surface area contributed by atoms with E-state index in [2.05, 4.69) is 27.0 Å². The Hall–Kier alpha value is -1.77. The summed E-state index contributed by atoms with van der Waals surface area (Å²) in [7, 11) is 0. The number of hydrogen-bond acceptors (Lipinski definition) is 6. The third kappa shape index (κ3) is 4.30. The van der Waals surface area contributed by atoms with Crippen LogP contribution in [0.2, 0.25) is 0 Å². The first kappa shape index (κ1) is 21.1. The molecule has 168 valence electrons. The monoisotopic (exact) mass is 443 g/mol. The van der Waals surface area contributed by atoms with Crippen molar-refractivity contribution in [3.63, 3.8) is 0 Å². The average Bonchev–Trinajstić information content (AvgIpc) is 3.51. The number of amides is 1. The van der Waals surface area contributed by atoms with Crippen molar-refractivity contribution in [3.05, 3.63) is 33.7 Å². The van der Waals surface area contributed by atoms with Gasteiger partial charge in [-0.1, -0.05) is 6.42 Å². The summed E-state index contributed by atoms with van der Waals surface area (Å²) in [6.07, 6.45) is 7.20. The van der Waals surface area contributed by atoms with Crippen molar-refractivity contribution in [1.29, 1.82) is 0 Å². The summed E-state index contributed by atoms with van der Waals surface area (Å²) in [6.45, 7) is 8.39. The van der Waals surface area contributed by atoms with Crippen LogP contribution in [0.5, 0.6) is 0 Å². The molecule has 3 heterocycles. The summed E-state index contributed by atoms with van der Waals surface area (Å²) in [4.78, 5) is 35.1. The number of rotatable bonds is 6. The lowest BCUT2D eigenvalue weighted by Gasteiger charge is -2.38. The zero-order valence-corrected chi connectivity index (χ0v) is 19.3. The molecule has 1 amide bonds. The predicted molar refractivity (Wildman–Crippen MR) is 122 cm³/mol. The third-order valence-corrected chi connectivity index (χ3v) is 8.64. The first-order chi connectivity index (χ1) is 15.0. The Morgan fingerprint density at radius 3 is 2.74 bits per heavy atom. The number of fused-ring (bicyclic) bond motifs is 3. The van der Waals surface area contributed by atoms with E-state index in [-0.39, 0.29) is 23.6 Å². The number of piperazine rings is 1. The van der Waals surface area contributed by atoms with E-state index in [0.29, 0.717) is 12.5 Å². The van der Waals surface area contributed by atoms with Crippen LogP contribution < -0.4 is 10.9 Å². The average molecular weight is 444 g/mol. The first-order valence-electron chi connectivity index (χ1n) is 11.7. The van der Waals surface area contributed by atoms with Gasteiger partial charge in [0.1, 0.15) is 0 Å². The van der Waals surface area contributed by atoms with Crippen LogP contribution in [0.3, 0.4) is 0 Å². The van der Waals surface area contributed by atoms with E-state index in [4.69, 9.17) is 0 Å². The molecule has 3 fully saturated rings. The predicted octanol–water partition coefficient (Wildman–Crippen LogP) is 2.20. The van der Waals surface area contributed by atoms with E-state index in [1.165, 1.54) is 37.0 Å². The maximum Gasteiger partial charge on any atom is 0.258 e. The van der Waals surface area contributed by atoms with Gasteiger partial charge in [0, 0.05) is 56.4 Å². The van der Waals surface area contributed by atoms with Gasteiger partial charge in [-0.15, -0.1) is 11.3 Å². The lowest BCUT2D eigenvalue weighted by atomic mass is 9.84. The van der Waals surface area contributed by atoms with Gasteiger partial charge < -0.3 is 5.32 Å². The van der Waals surface area contributed by atoms with Crippen molar-refractivity contribution in [2.45, 2.75) is 58.2 Å². The van der Waals surface area contributed by atoms with E-state index >= 15 is 0 Å². The van der Waals surface area contributed by atoms with Crippen LogP contribution in [0.25, 0.3) is 4.96 Å². The van der Waals surface area contributed by atoms with Crippen molar-refractivity contribution in [2.24, 2.45) is 17.8 Å². The number of aromatic nitrogens is 2. The third-order valence-electron chi connectivity index (χ3n) is 7.88. The molecule has 0 spiro atoms. The summed E-state index contributed by atoms with van der Waals surface area (Å²) in [5.41, 5.74) is 0.807. The first-order valence-corrected chi connectivity index (χ1v) is 12.6. The van der Waals surface area contributed by atoms with E-state index in [9.17, 15) is 9.59 Å². The Labute approximate surface area is 187 Å². The Morgan fingerprint density at radius 1 is 1.23 bits per heavy atom. The number of nitrogens with one attached hydrogen (secondary N) is 1. The molecule has 2 saturated carbocycles. The van der Waals surface area contributed by atoms with Crippen LogP contribution in [0, 0.1) is 17.8 Å². The second-order valence-electron chi connectivity index (χ2n) is 9.77. The maximum atomic E-state index is 12.9. The Balaban J connectivity index is 1.11. The summed E-state index contributed by atoms with van der Waals surface area (Å²) in [6, 6.07) is 1.82. The van der Waals surface area contributed by atoms with Gasteiger partial charge in [-0.25, -0.2) is 4.98 Å². The molecule has 5 unspecified atom stereocenters. The summed E-state index contributed by atoms with van der Waals surface area (Å²) in [5, 5.41) is 5.22. The molecule has 3 aliphatic rings. The van der Waals surface area contributed by atoms with Crippen molar-refractivity contribution in [2.75, 3.05) is 26.2 Å². The van der Waals surface area contributed by atoms with Crippen LogP contribution in [0.1, 0.15) is 45.2 Å². The molecular formula is C23H33N5O2S. The molecule has 2 aliphatic carbocycles. The van der Waals surface area contributed by atoms with Gasteiger partial charge in [-0.2, -0.15) is 0 Å². The fourth-order valence-electron chi connectivity index (χ4n) is 6.03. The molecule has 7 nitrogen and oxygen atoms in total. The van der Waals surface area contributed by atoms with Crippen LogP contribution in [-0.2, 0) is 11.3 Å². The Morgan fingerprint density at radius 2 is 2.03 bits per heavy atom. The zero-order chi connectivity index (χ0) is 21.5. The van der Waals surface area contributed by atoms with Gasteiger partial charge in [0.25, 0.3) is 5.56 Å². The highest BCUT2D eigenvalue weighted by molar-refractivity contribution is 7.15. The fourth-order valence-corrected chi connectivity index (χ4v) is 6.77. The van der Waals surface area contributed by atoms with Gasteiger partial charge in [0.05, 0.1) is 11.7 Å². The number of carbonyl (C=O) groups is 1. The fraction of sp³-hybridized carbons (Fsp3) is 0.696. The smallest absolute Gasteiger partial charge is 0.258 e. The van der Waals surface area contributed by atoms with Crippen LogP contribution in [0.4, 0.5) is 0 Å². The standard InChI is InChI=1S/C23H33N5O2S/c1-15(20-12-17-3-4-18(20)11-17)24-22(30)16(2)27-7-5-26(6-8-27)14-19-13-21(29)28-9-10-31-23(28)25-19/h9-10,13,15-18,20H,3-8,11-12,14H2,1-2H3,(H,24,30). The van der Waals surface area contributed by atoms with Crippen molar-refractivity contribution in [1.82, 2.24) is 24.5 Å². The molecule has 0 aromatic carbocycles. The topological polar surface area (TPSA) is 70.0 Å². The van der Waals surface area contributed by atoms with Crippen LogP contribution in [0.15, 0.2) is 22.4 Å². The van der Waals surface area contributed by atoms with Gasteiger partial charge in [0.15, 0.2) is 4.96 Å². The molecule has 2 aromatic rings. The second-order valence-corrected chi connectivity index (χ2v) is 10.6. The molecule has 1 saturated heterocycles. The van der Waals surface area contributed by atoms with Crippen molar-refractivity contribution in [3.8, 4) is 0 Å². The minimum Gasteiger partial charge on any atom is -0.352 e. The number of hydrogen-bond donors (Lipinski definition) is 1. The van der Waals surface area contributed by atoms with Crippen LogP contribution in [-0.4, -0.2) is 63.4 Å². The zero-order valence-electron chi connectivity index (χ0n) is 18.5. The lowest BCUT2D eigenvalue weighted by molar-refractivity contribution is -0.127. The van der Waals surface area contributed by atoms with E-state index in [1.54, 1.807) is 16.7 Å². The number of nitrogens with zero attached hydrogens (tertiary/aromatic N) is 4. The number of thiazole rings is 1. The minimum absolute atomic E-state index is 0.0187.